The van der Waals surface area contributed by atoms with E-state index < -0.39 is 11.6 Å². The van der Waals surface area contributed by atoms with Crippen LogP contribution in [0.1, 0.15) is 29.6 Å². The molecule has 19 heavy (non-hydrogen) atoms. The summed E-state index contributed by atoms with van der Waals surface area (Å²) in [5.41, 5.74) is 2.18. The number of aromatic nitrogens is 2. The molecule has 1 aromatic heterocycles. The average Bonchev–Trinajstić information content (AvgIpc) is 2.26. The van der Waals surface area contributed by atoms with Crippen molar-refractivity contribution < 1.29 is 8.78 Å². The van der Waals surface area contributed by atoms with Crippen molar-refractivity contribution in [2.45, 2.75) is 26.7 Å². The number of nitrogens with zero attached hydrogens (tertiary/aromatic N) is 2. The molecule has 0 N–H and O–H groups in total. The van der Waals surface area contributed by atoms with Crippen molar-refractivity contribution in [1.29, 1.82) is 0 Å². The molecule has 0 saturated carbocycles. The Bertz CT molecular complexity index is 571. The Morgan fingerprint density at radius 1 is 1.11 bits per heavy atom. The molecule has 0 fully saturated rings. The molecule has 2 aromatic rings. The summed E-state index contributed by atoms with van der Waals surface area (Å²) in [7, 11) is 0. The lowest BCUT2D eigenvalue weighted by atomic mass is 10.1. The van der Waals surface area contributed by atoms with E-state index in [-0.39, 0.29) is 6.42 Å². The molecule has 5 heteroatoms. The molecular formula is C14H13ClF2N2. The van der Waals surface area contributed by atoms with Gasteiger partial charge in [-0.05, 0) is 31.0 Å². The van der Waals surface area contributed by atoms with Crippen LogP contribution < -0.4 is 0 Å². The number of halogens is 3. The van der Waals surface area contributed by atoms with E-state index in [0.29, 0.717) is 16.5 Å². The third-order valence-corrected chi connectivity index (χ3v) is 3.16. The van der Waals surface area contributed by atoms with Crippen LogP contribution in [0, 0.1) is 18.6 Å². The molecule has 0 radical (unpaired) electrons. The second kappa shape index (κ2) is 5.61. The van der Waals surface area contributed by atoms with E-state index in [1.54, 1.807) is 0 Å². The van der Waals surface area contributed by atoms with E-state index in [2.05, 4.69) is 9.97 Å². The largest absolute Gasteiger partial charge is 0.237 e. The molecule has 0 aliphatic heterocycles. The van der Waals surface area contributed by atoms with E-state index in [0.717, 1.165) is 23.7 Å². The standard InChI is InChI=1S/C14H13ClF2N2/c1-3-12-8(2)18-13(19-14(12)15)6-9-4-10(16)7-11(17)5-9/h4-5,7H,3,6H2,1-2H3. The first kappa shape index (κ1) is 13.9. The van der Waals surface area contributed by atoms with Gasteiger partial charge in [-0.3, -0.25) is 0 Å². The number of hydrogen-bond donors (Lipinski definition) is 0. The van der Waals surface area contributed by atoms with Gasteiger partial charge in [0.15, 0.2) is 0 Å². The van der Waals surface area contributed by atoms with Crippen molar-refractivity contribution >= 4 is 11.6 Å². The van der Waals surface area contributed by atoms with Crippen LogP contribution in [-0.2, 0) is 12.8 Å². The summed E-state index contributed by atoms with van der Waals surface area (Å²) in [5, 5.41) is 0.405. The predicted octanol–water partition coefficient (Wildman–Crippen LogP) is 3.87. The summed E-state index contributed by atoms with van der Waals surface area (Å²) in [6, 6.07) is 3.37. The number of hydrogen-bond acceptors (Lipinski definition) is 2. The SMILES string of the molecule is CCc1c(C)nc(Cc2cc(F)cc(F)c2)nc1Cl. The highest BCUT2D eigenvalue weighted by Gasteiger charge is 2.10. The summed E-state index contributed by atoms with van der Waals surface area (Å²) in [6.07, 6.45) is 0.999. The fourth-order valence-electron chi connectivity index (χ4n) is 1.99. The Morgan fingerprint density at radius 2 is 1.74 bits per heavy atom. The highest BCUT2D eigenvalue weighted by atomic mass is 35.5. The minimum atomic E-state index is -0.608. The Balaban J connectivity index is 2.33. The smallest absolute Gasteiger partial charge is 0.136 e. The Hall–Kier alpha value is -1.55. The maximum Gasteiger partial charge on any atom is 0.136 e. The molecule has 2 rings (SSSR count). The second-order valence-electron chi connectivity index (χ2n) is 4.30. The van der Waals surface area contributed by atoms with Crippen LogP contribution in [-0.4, -0.2) is 9.97 Å². The maximum atomic E-state index is 13.1. The summed E-state index contributed by atoms with van der Waals surface area (Å²) in [4.78, 5) is 8.49. The van der Waals surface area contributed by atoms with Gasteiger partial charge in [-0.2, -0.15) is 0 Å². The molecule has 0 saturated heterocycles. The normalized spacial score (nSPS) is 10.8. The minimum absolute atomic E-state index is 0.249. The van der Waals surface area contributed by atoms with Gasteiger partial charge in [0.2, 0.25) is 0 Å². The Labute approximate surface area is 115 Å². The maximum absolute atomic E-state index is 13.1. The van der Waals surface area contributed by atoms with Gasteiger partial charge in [-0.15, -0.1) is 0 Å². The first-order valence-corrected chi connectivity index (χ1v) is 6.34. The second-order valence-corrected chi connectivity index (χ2v) is 4.66. The summed E-state index contributed by atoms with van der Waals surface area (Å²) >= 11 is 6.06. The topological polar surface area (TPSA) is 25.8 Å². The van der Waals surface area contributed by atoms with Gasteiger partial charge in [0.05, 0.1) is 0 Å². The van der Waals surface area contributed by atoms with Crippen molar-refractivity contribution in [3.05, 3.63) is 57.6 Å². The predicted molar refractivity (Wildman–Crippen MR) is 70.3 cm³/mol. The van der Waals surface area contributed by atoms with Crippen molar-refractivity contribution in [2.75, 3.05) is 0 Å². The van der Waals surface area contributed by atoms with E-state index in [1.165, 1.54) is 12.1 Å². The van der Waals surface area contributed by atoms with Crippen LogP contribution in [0.15, 0.2) is 18.2 Å². The molecule has 0 aliphatic rings. The molecule has 1 aromatic carbocycles. The van der Waals surface area contributed by atoms with Crippen LogP contribution in [0.4, 0.5) is 8.78 Å². The average molecular weight is 283 g/mol. The molecule has 0 atom stereocenters. The van der Waals surface area contributed by atoms with Crippen LogP contribution >= 0.6 is 11.6 Å². The molecule has 0 bridgehead atoms. The zero-order valence-electron chi connectivity index (χ0n) is 10.7. The van der Waals surface area contributed by atoms with E-state index in [9.17, 15) is 8.78 Å². The van der Waals surface area contributed by atoms with Crippen LogP contribution in [0.5, 0.6) is 0 Å². The number of aryl methyl sites for hydroxylation is 1. The lowest BCUT2D eigenvalue weighted by Gasteiger charge is -2.08. The van der Waals surface area contributed by atoms with Gasteiger partial charge in [0.25, 0.3) is 0 Å². The van der Waals surface area contributed by atoms with E-state index in [4.69, 9.17) is 11.6 Å². The quantitative estimate of drug-likeness (QED) is 0.799. The fourth-order valence-corrected chi connectivity index (χ4v) is 2.36. The lowest BCUT2D eigenvalue weighted by molar-refractivity contribution is 0.580. The first-order chi connectivity index (χ1) is 8.99. The van der Waals surface area contributed by atoms with Crippen molar-refractivity contribution in [2.24, 2.45) is 0 Å². The van der Waals surface area contributed by atoms with Gasteiger partial charge in [0, 0.05) is 23.7 Å². The van der Waals surface area contributed by atoms with Crippen LogP contribution in [0.3, 0.4) is 0 Å². The summed E-state index contributed by atoms with van der Waals surface area (Å²) in [5.74, 6) is -0.754. The number of benzene rings is 1. The lowest BCUT2D eigenvalue weighted by Crippen LogP contribution is -2.03. The van der Waals surface area contributed by atoms with Gasteiger partial charge in [-0.25, -0.2) is 18.7 Å². The van der Waals surface area contributed by atoms with Gasteiger partial charge < -0.3 is 0 Å². The molecule has 2 nitrogen and oxygen atoms in total. The summed E-state index contributed by atoms with van der Waals surface area (Å²) in [6.45, 7) is 3.82. The monoisotopic (exact) mass is 282 g/mol. The highest BCUT2D eigenvalue weighted by Crippen LogP contribution is 2.18. The molecule has 0 aliphatic carbocycles. The Kier molecular flexibility index (Phi) is 4.10. The van der Waals surface area contributed by atoms with E-state index in [1.807, 2.05) is 13.8 Å². The Morgan fingerprint density at radius 3 is 2.26 bits per heavy atom. The fraction of sp³-hybridized carbons (Fsp3) is 0.286. The third-order valence-electron chi connectivity index (χ3n) is 2.85. The van der Waals surface area contributed by atoms with Crippen molar-refractivity contribution in [3.8, 4) is 0 Å². The zero-order valence-corrected chi connectivity index (χ0v) is 11.4. The van der Waals surface area contributed by atoms with Gasteiger partial charge >= 0.3 is 0 Å². The molecular weight excluding hydrogens is 270 g/mol. The molecule has 0 unspecified atom stereocenters. The number of rotatable bonds is 3. The van der Waals surface area contributed by atoms with E-state index >= 15 is 0 Å². The third kappa shape index (κ3) is 3.26. The van der Waals surface area contributed by atoms with Crippen molar-refractivity contribution in [3.63, 3.8) is 0 Å². The summed E-state index contributed by atoms with van der Waals surface area (Å²) < 4.78 is 26.2. The highest BCUT2D eigenvalue weighted by molar-refractivity contribution is 6.30. The van der Waals surface area contributed by atoms with Crippen LogP contribution in [0.2, 0.25) is 5.15 Å². The van der Waals surface area contributed by atoms with Crippen LogP contribution in [0.25, 0.3) is 0 Å². The zero-order chi connectivity index (χ0) is 14.0. The molecule has 1 heterocycles. The first-order valence-electron chi connectivity index (χ1n) is 5.96. The van der Waals surface area contributed by atoms with Gasteiger partial charge in [-0.1, -0.05) is 18.5 Å². The van der Waals surface area contributed by atoms with Crippen molar-refractivity contribution in [1.82, 2.24) is 9.97 Å². The molecule has 0 amide bonds. The van der Waals surface area contributed by atoms with Gasteiger partial charge in [0.1, 0.15) is 22.6 Å². The molecule has 100 valence electrons. The molecule has 0 spiro atoms. The minimum Gasteiger partial charge on any atom is -0.237 e.